The molecule has 90 valence electrons. The van der Waals surface area contributed by atoms with Crippen LogP contribution in [0.2, 0.25) is 0 Å². The number of primary amides is 1. The van der Waals surface area contributed by atoms with E-state index in [1.165, 1.54) is 0 Å². The molecule has 1 aliphatic rings. The standard InChI is InChI=1S/C12H15N3O2/c13-11(16)8-4-1-2-5-9(8)15-12(17)10-6-3-7-14-10/h1-2,4-5,10,14H,3,6-7H2,(H2,13,16)(H,15,17)/t10-/m1/s1. The lowest BCUT2D eigenvalue weighted by molar-refractivity contribution is -0.117. The molecule has 1 aliphatic heterocycles. The average Bonchev–Trinajstić information content (AvgIpc) is 2.83. The van der Waals surface area contributed by atoms with Gasteiger partial charge < -0.3 is 16.4 Å². The van der Waals surface area contributed by atoms with Gasteiger partial charge in [0.25, 0.3) is 5.91 Å². The number of amides is 2. The van der Waals surface area contributed by atoms with Crippen LogP contribution in [-0.4, -0.2) is 24.4 Å². The van der Waals surface area contributed by atoms with Crippen molar-refractivity contribution >= 4 is 17.5 Å². The van der Waals surface area contributed by atoms with Crippen LogP contribution in [0.5, 0.6) is 0 Å². The molecule has 0 spiro atoms. The van der Waals surface area contributed by atoms with Gasteiger partial charge in [0.05, 0.1) is 17.3 Å². The Kier molecular flexibility index (Phi) is 3.39. The lowest BCUT2D eigenvalue weighted by atomic mass is 10.1. The highest BCUT2D eigenvalue weighted by molar-refractivity contribution is 6.04. The van der Waals surface area contributed by atoms with E-state index in [1.54, 1.807) is 24.3 Å². The summed E-state index contributed by atoms with van der Waals surface area (Å²) < 4.78 is 0. The van der Waals surface area contributed by atoms with Crippen LogP contribution in [-0.2, 0) is 4.79 Å². The minimum Gasteiger partial charge on any atom is -0.366 e. The highest BCUT2D eigenvalue weighted by Gasteiger charge is 2.22. The third-order valence-corrected chi connectivity index (χ3v) is 2.83. The fourth-order valence-electron chi connectivity index (χ4n) is 1.94. The normalized spacial score (nSPS) is 18.9. The van der Waals surface area contributed by atoms with Gasteiger partial charge in [-0.25, -0.2) is 0 Å². The van der Waals surface area contributed by atoms with Gasteiger partial charge in [-0.15, -0.1) is 0 Å². The Bertz CT molecular complexity index is 439. The summed E-state index contributed by atoms with van der Waals surface area (Å²) in [6.07, 6.45) is 1.82. The number of carbonyl (C=O) groups excluding carboxylic acids is 2. The summed E-state index contributed by atoms with van der Waals surface area (Å²) in [6, 6.07) is 6.57. The SMILES string of the molecule is NC(=O)c1ccccc1NC(=O)[C@H]1CCCN1. The molecule has 1 saturated heterocycles. The molecule has 0 unspecified atom stereocenters. The molecule has 1 heterocycles. The van der Waals surface area contributed by atoms with Crippen LogP contribution in [0.4, 0.5) is 5.69 Å². The van der Waals surface area contributed by atoms with Crippen molar-refractivity contribution in [1.29, 1.82) is 0 Å². The first kappa shape index (κ1) is 11.6. The Labute approximate surface area is 99.4 Å². The van der Waals surface area contributed by atoms with Crippen LogP contribution in [0.3, 0.4) is 0 Å². The van der Waals surface area contributed by atoms with Crippen molar-refractivity contribution in [3.63, 3.8) is 0 Å². The highest BCUT2D eigenvalue weighted by Crippen LogP contribution is 2.16. The summed E-state index contributed by atoms with van der Waals surface area (Å²) in [5.74, 6) is -0.656. The monoisotopic (exact) mass is 233 g/mol. The first-order valence-corrected chi connectivity index (χ1v) is 5.61. The molecular weight excluding hydrogens is 218 g/mol. The second-order valence-corrected chi connectivity index (χ2v) is 4.05. The lowest BCUT2D eigenvalue weighted by Gasteiger charge is -2.12. The second-order valence-electron chi connectivity index (χ2n) is 4.05. The summed E-state index contributed by atoms with van der Waals surface area (Å²) >= 11 is 0. The number of anilines is 1. The largest absolute Gasteiger partial charge is 0.366 e. The van der Waals surface area contributed by atoms with Crippen molar-refractivity contribution < 1.29 is 9.59 Å². The van der Waals surface area contributed by atoms with E-state index < -0.39 is 5.91 Å². The number of hydrogen-bond donors (Lipinski definition) is 3. The Balaban J connectivity index is 2.12. The predicted molar refractivity (Wildman–Crippen MR) is 64.6 cm³/mol. The molecule has 2 rings (SSSR count). The van der Waals surface area contributed by atoms with Gasteiger partial charge in [-0.05, 0) is 31.5 Å². The molecule has 1 atom stereocenters. The first-order chi connectivity index (χ1) is 8.18. The van der Waals surface area contributed by atoms with Gasteiger partial charge >= 0.3 is 0 Å². The number of carbonyl (C=O) groups is 2. The quantitative estimate of drug-likeness (QED) is 0.709. The molecular formula is C12H15N3O2. The van der Waals surface area contributed by atoms with E-state index >= 15 is 0 Å². The molecule has 1 fully saturated rings. The molecule has 0 radical (unpaired) electrons. The minimum absolute atomic E-state index is 0.115. The van der Waals surface area contributed by atoms with E-state index in [0.29, 0.717) is 11.3 Å². The summed E-state index contributed by atoms with van der Waals surface area (Å²) in [7, 11) is 0. The summed E-state index contributed by atoms with van der Waals surface area (Å²) in [4.78, 5) is 23.0. The van der Waals surface area contributed by atoms with Gasteiger partial charge in [0.2, 0.25) is 5.91 Å². The van der Waals surface area contributed by atoms with Crippen molar-refractivity contribution in [2.45, 2.75) is 18.9 Å². The van der Waals surface area contributed by atoms with Crippen molar-refractivity contribution in [2.24, 2.45) is 5.73 Å². The Hall–Kier alpha value is -1.88. The molecule has 0 bridgehead atoms. The maximum absolute atomic E-state index is 11.9. The number of nitrogens with two attached hydrogens (primary N) is 1. The molecule has 17 heavy (non-hydrogen) atoms. The molecule has 4 N–H and O–H groups in total. The minimum atomic E-state index is -0.541. The van der Waals surface area contributed by atoms with Crippen LogP contribution in [0, 0.1) is 0 Å². The molecule has 0 aliphatic carbocycles. The van der Waals surface area contributed by atoms with Gasteiger partial charge in [0.1, 0.15) is 0 Å². The fourth-order valence-corrected chi connectivity index (χ4v) is 1.94. The first-order valence-electron chi connectivity index (χ1n) is 5.61. The van der Waals surface area contributed by atoms with Gasteiger partial charge in [-0.1, -0.05) is 12.1 Å². The molecule has 5 nitrogen and oxygen atoms in total. The van der Waals surface area contributed by atoms with Crippen molar-refractivity contribution in [3.05, 3.63) is 29.8 Å². The number of rotatable bonds is 3. The average molecular weight is 233 g/mol. The van der Waals surface area contributed by atoms with E-state index in [4.69, 9.17) is 5.73 Å². The van der Waals surface area contributed by atoms with E-state index in [2.05, 4.69) is 10.6 Å². The van der Waals surface area contributed by atoms with Crippen LogP contribution >= 0.6 is 0 Å². The Morgan fingerprint density at radius 2 is 2.12 bits per heavy atom. The van der Waals surface area contributed by atoms with E-state index in [9.17, 15) is 9.59 Å². The number of hydrogen-bond acceptors (Lipinski definition) is 3. The van der Waals surface area contributed by atoms with Gasteiger partial charge in [-0.2, -0.15) is 0 Å². The molecule has 1 aromatic carbocycles. The molecule has 5 heteroatoms. The zero-order valence-electron chi connectivity index (χ0n) is 9.40. The third-order valence-electron chi connectivity index (χ3n) is 2.83. The summed E-state index contributed by atoms with van der Waals surface area (Å²) in [6.45, 7) is 0.857. The topological polar surface area (TPSA) is 84.2 Å². The Morgan fingerprint density at radius 1 is 1.35 bits per heavy atom. The molecule has 0 aromatic heterocycles. The molecule has 2 amide bonds. The fraction of sp³-hybridized carbons (Fsp3) is 0.333. The van der Waals surface area contributed by atoms with Crippen LogP contribution in [0.25, 0.3) is 0 Å². The number of benzene rings is 1. The van der Waals surface area contributed by atoms with Gasteiger partial charge in [-0.3, -0.25) is 9.59 Å². The Morgan fingerprint density at radius 3 is 2.76 bits per heavy atom. The second kappa shape index (κ2) is 4.97. The molecule has 1 aromatic rings. The zero-order chi connectivity index (χ0) is 12.3. The van der Waals surface area contributed by atoms with E-state index in [0.717, 1.165) is 19.4 Å². The number of nitrogens with one attached hydrogen (secondary N) is 2. The number of para-hydroxylation sites is 1. The van der Waals surface area contributed by atoms with Crippen LogP contribution in [0.15, 0.2) is 24.3 Å². The van der Waals surface area contributed by atoms with E-state index in [1.807, 2.05) is 0 Å². The maximum atomic E-state index is 11.9. The summed E-state index contributed by atoms with van der Waals surface area (Å²) in [5, 5.41) is 5.83. The van der Waals surface area contributed by atoms with Crippen LogP contribution in [0.1, 0.15) is 23.2 Å². The van der Waals surface area contributed by atoms with Crippen molar-refractivity contribution in [3.8, 4) is 0 Å². The van der Waals surface area contributed by atoms with Crippen LogP contribution < -0.4 is 16.4 Å². The summed E-state index contributed by atoms with van der Waals surface area (Å²) in [5.41, 5.74) is 6.04. The predicted octanol–water partition coefficient (Wildman–Crippen LogP) is 0.476. The third kappa shape index (κ3) is 2.62. The lowest BCUT2D eigenvalue weighted by Crippen LogP contribution is -2.36. The zero-order valence-corrected chi connectivity index (χ0v) is 9.40. The van der Waals surface area contributed by atoms with Gasteiger partial charge in [0.15, 0.2) is 0 Å². The van der Waals surface area contributed by atoms with Crippen molar-refractivity contribution in [1.82, 2.24) is 5.32 Å². The van der Waals surface area contributed by atoms with Crippen molar-refractivity contribution in [2.75, 3.05) is 11.9 Å². The van der Waals surface area contributed by atoms with E-state index in [-0.39, 0.29) is 11.9 Å². The highest BCUT2D eigenvalue weighted by atomic mass is 16.2. The van der Waals surface area contributed by atoms with Gasteiger partial charge in [0, 0.05) is 0 Å². The molecule has 0 saturated carbocycles. The maximum Gasteiger partial charge on any atom is 0.250 e. The smallest absolute Gasteiger partial charge is 0.250 e.